The molecule has 0 radical (unpaired) electrons. The lowest BCUT2D eigenvalue weighted by Crippen LogP contribution is -2.38. The highest BCUT2D eigenvalue weighted by molar-refractivity contribution is 4.96. The summed E-state index contributed by atoms with van der Waals surface area (Å²) < 4.78 is 0. The molecule has 0 aromatic heterocycles. The van der Waals surface area contributed by atoms with Crippen LogP contribution in [0.5, 0.6) is 0 Å². The molecule has 2 saturated carbocycles. The highest BCUT2D eigenvalue weighted by Gasteiger charge is 2.42. The average molecular weight is 211 g/mol. The summed E-state index contributed by atoms with van der Waals surface area (Å²) in [7, 11) is 0. The van der Waals surface area contributed by atoms with Gasteiger partial charge in [-0.25, -0.2) is 0 Å². The average Bonchev–Trinajstić information content (AvgIpc) is 2.97. The molecular formula is C13H25NO. The van der Waals surface area contributed by atoms with E-state index >= 15 is 0 Å². The molecule has 2 aliphatic rings. The maximum absolute atomic E-state index is 9.42. The van der Waals surface area contributed by atoms with E-state index in [1.165, 1.54) is 25.7 Å². The quantitative estimate of drug-likeness (QED) is 0.748. The van der Waals surface area contributed by atoms with Crippen LogP contribution in [0.1, 0.15) is 52.4 Å². The van der Waals surface area contributed by atoms with E-state index in [0.29, 0.717) is 11.5 Å². The monoisotopic (exact) mass is 211 g/mol. The van der Waals surface area contributed by atoms with Crippen LogP contribution >= 0.6 is 0 Å². The number of nitrogens with one attached hydrogen (secondary N) is 1. The molecule has 0 saturated heterocycles. The molecule has 0 aromatic rings. The largest absolute Gasteiger partial charge is 0.393 e. The molecule has 15 heavy (non-hydrogen) atoms. The fourth-order valence-corrected chi connectivity index (χ4v) is 2.57. The predicted octanol–water partition coefficient (Wildman–Crippen LogP) is 2.32. The molecule has 88 valence electrons. The van der Waals surface area contributed by atoms with E-state index in [2.05, 4.69) is 19.2 Å². The van der Waals surface area contributed by atoms with Crippen molar-refractivity contribution in [1.29, 1.82) is 0 Å². The number of rotatable bonds is 4. The summed E-state index contributed by atoms with van der Waals surface area (Å²) in [6, 6.07) is 0.671. The van der Waals surface area contributed by atoms with Crippen molar-refractivity contribution in [3.05, 3.63) is 0 Å². The molecule has 2 heteroatoms. The van der Waals surface area contributed by atoms with Gasteiger partial charge in [-0.3, -0.25) is 0 Å². The van der Waals surface area contributed by atoms with Crippen molar-refractivity contribution in [2.75, 3.05) is 6.54 Å². The number of hydrogen-bond donors (Lipinski definition) is 2. The van der Waals surface area contributed by atoms with Crippen molar-refractivity contribution in [2.24, 2.45) is 11.3 Å². The topological polar surface area (TPSA) is 32.3 Å². The third-order valence-corrected chi connectivity index (χ3v) is 4.61. The molecule has 2 rings (SSSR count). The molecule has 2 N–H and O–H groups in total. The summed E-state index contributed by atoms with van der Waals surface area (Å²) >= 11 is 0. The van der Waals surface area contributed by atoms with Crippen molar-refractivity contribution >= 4 is 0 Å². The second kappa shape index (κ2) is 4.42. The van der Waals surface area contributed by atoms with Crippen LogP contribution in [0.25, 0.3) is 0 Å². The van der Waals surface area contributed by atoms with Crippen LogP contribution < -0.4 is 5.32 Å². The first kappa shape index (κ1) is 11.4. The van der Waals surface area contributed by atoms with Crippen molar-refractivity contribution < 1.29 is 5.11 Å². The molecule has 1 atom stereocenters. The lowest BCUT2D eigenvalue weighted by atomic mass is 9.87. The van der Waals surface area contributed by atoms with Gasteiger partial charge in [0.15, 0.2) is 0 Å². The first-order valence-electron chi connectivity index (χ1n) is 6.51. The summed E-state index contributed by atoms with van der Waals surface area (Å²) in [5.41, 5.74) is 0.591. The van der Waals surface area contributed by atoms with Gasteiger partial charge in [0.2, 0.25) is 0 Å². The molecule has 2 fully saturated rings. The first-order chi connectivity index (χ1) is 7.10. The highest BCUT2D eigenvalue weighted by atomic mass is 16.3. The Hall–Kier alpha value is -0.0800. The Morgan fingerprint density at radius 1 is 1.27 bits per heavy atom. The van der Waals surface area contributed by atoms with Gasteiger partial charge in [0.1, 0.15) is 0 Å². The van der Waals surface area contributed by atoms with Crippen molar-refractivity contribution in [2.45, 2.75) is 64.5 Å². The molecule has 0 heterocycles. The second-order valence-corrected chi connectivity index (χ2v) is 5.96. The van der Waals surface area contributed by atoms with E-state index < -0.39 is 0 Å². The summed E-state index contributed by atoms with van der Waals surface area (Å²) in [6.07, 6.45) is 7.21. The fourth-order valence-electron chi connectivity index (χ4n) is 2.57. The molecule has 2 nitrogen and oxygen atoms in total. The Morgan fingerprint density at radius 3 is 2.40 bits per heavy atom. The minimum atomic E-state index is -0.0142. The summed E-state index contributed by atoms with van der Waals surface area (Å²) in [5, 5.41) is 13.1. The first-order valence-corrected chi connectivity index (χ1v) is 6.51. The zero-order chi connectivity index (χ0) is 10.9. The van der Waals surface area contributed by atoms with Crippen LogP contribution in [-0.2, 0) is 0 Å². The van der Waals surface area contributed by atoms with E-state index in [0.717, 1.165) is 25.3 Å². The Labute approximate surface area is 93.5 Å². The van der Waals surface area contributed by atoms with E-state index in [9.17, 15) is 5.11 Å². The highest BCUT2D eigenvalue weighted by Crippen LogP contribution is 2.48. The van der Waals surface area contributed by atoms with E-state index in [1.54, 1.807) is 0 Å². The van der Waals surface area contributed by atoms with Gasteiger partial charge in [-0.1, -0.05) is 6.92 Å². The number of hydrogen-bond acceptors (Lipinski definition) is 2. The number of aliphatic hydroxyl groups is 1. The van der Waals surface area contributed by atoms with Crippen LogP contribution in [0.3, 0.4) is 0 Å². The molecule has 2 aliphatic carbocycles. The third kappa shape index (κ3) is 2.94. The Bertz CT molecular complexity index is 205. The van der Waals surface area contributed by atoms with Crippen LogP contribution in [0.4, 0.5) is 0 Å². The Kier molecular flexibility index (Phi) is 3.36. The van der Waals surface area contributed by atoms with Gasteiger partial charge in [0.05, 0.1) is 6.10 Å². The van der Waals surface area contributed by atoms with Gasteiger partial charge >= 0.3 is 0 Å². The van der Waals surface area contributed by atoms with E-state index in [4.69, 9.17) is 0 Å². The maximum atomic E-state index is 9.42. The van der Waals surface area contributed by atoms with Gasteiger partial charge in [-0.2, -0.15) is 0 Å². The van der Waals surface area contributed by atoms with Gasteiger partial charge in [-0.05, 0) is 63.3 Å². The Morgan fingerprint density at radius 2 is 1.87 bits per heavy atom. The minimum Gasteiger partial charge on any atom is -0.393 e. The van der Waals surface area contributed by atoms with Gasteiger partial charge in [0, 0.05) is 6.04 Å². The molecule has 0 aromatic carbocycles. The van der Waals surface area contributed by atoms with Gasteiger partial charge in [-0.15, -0.1) is 0 Å². The zero-order valence-corrected chi connectivity index (χ0v) is 10.1. The van der Waals surface area contributed by atoms with Crippen LogP contribution in [0.2, 0.25) is 0 Å². The molecule has 0 aliphatic heterocycles. The lowest BCUT2D eigenvalue weighted by Gasteiger charge is -2.28. The van der Waals surface area contributed by atoms with Crippen molar-refractivity contribution in [3.8, 4) is 0 Å². The standard InChI is InChI=1S/C13H25NO/c1-10(13(2)7-8-13)14-9-11-3-5-12(15)6-4-11/h10-12,14-15H,3-9H2,1-2H3. The van der Waals surface area contributed by atoms with Crippen LogP contribution in [0.15, 0.2) is 0 Å². The van der Waals surface area contributed by atoms with Crippen LogP contribution in [0, 0.1) is 11.3 Å². The molecule has 0 spiro atoms. The van der Waals surface area contributed by atoms with E-state index in [1.807, 2.05) is 0 Å². The summed E-state index contributed by atoms with van der Waals surface area (Å²) in [5.74, 6) is 0.804. The minimum absolute atomic E-state index is 0.0142. The molecule has 0 bridgehead atoms. The lowest BCUT2D eigenvalue weighted by molar-refractivity contribution is 0.107. The molecule has 1 unspecified atom stereocenters. The van der Waals surface area contributed by atoms with Gasteiger partial charge < -0.3 is 10.4 Å². The van der Waals surface area contributed by atoms with Gasteiger partial charge in [0.25, 0.3) is 0 Å². The fraction of sp³-hybridized carbons (Fsp3) is 1.00. The third-order valence-electron chi connectivity index (χ3n) is 4.61. The zero-order valence-electron chi connectivity index (χ0n) is 10.1. The Balaban J connectivity index is 1.65. The predicted molar refractivity (Wildman–Crippen MR) is 62.8 cm³/mol. The normalized spacial score (nSPS) is 36.2. The molecular weight excluding hydrogens is 186 g/mol. The summed E-state index contributed by atoms with van der Waals surface area (Å²) in [6.45, 7) is 5.86. The van der Waals surface area contributed by atoms with Crippen molar-refractivity contribution in [1.82, 2.24) is 5.32 Å². The maximum Gasteiger partial charge on any atom is 0.0540 e. The smallest absolute Gasteiger partial charge is 0.0540 e. The second-order valence-electron chi connectivity index (χ2n) is 5.96. The SMILES string of the molecule is CC(NCC1CCC(O)CC1)C1(C)CC1. The molecule has 0 amide bonds. The summed E-state index contributed by atoms with van der Waals surface area (Å²) in [4.78, 5) is 0. The number of aliphatic hydroxyl groups excluding tert-OH is 1. The van der Waals surface area contributed by atoms with Crippen molar-refractivity contribution in [3.63, 3.8) is 0 Å². The van der Waals surface area contributed by atoms with Crippen LogP contribution in [-0.4, -0.2) is 23.8 Å². The van der Waals surface area contributed by atoms with E-state index in [-0.39, 0.29) is 6.10 Å².